The van der Waals surface area contributed by atoms with E-state index in [1.807, 2.05) is 0 Å². The van der Waals surface area contributed by atoms with Gasteiger partial charge in [-0.15, -0.1) is 0 Å². The second kappa shape index (κ2) is 5.44. The number of hydrogen-bond donors (Lipinski definition) is 2. The van der Waals surface area contributed by atoms with Crippen LogP contribution in [0.3, 0.4) is 0 Å². The van der Waals surface area contributed by atoms with E-state index in [2.05, 4.69) is 13.1 Å². The molecule has 0 aliphatic carbocycles. The molecule has 0 aromatic heterocycles. The lowest BCUT2D eigenvalue weighted by molar-refractivity contribution is 0.340. The minimum absolute atomic E-state index is 0.492. The van der Waals surface area contributed by atoms with E-state index >= 15 is 0 Å². The zero-order valence-electron chi connectivity index (χ0n) is 10.6. The Kier molecular flexibility index (Phi) is 4.49. The summed E-state index contributed by atoms with van der Waals surface area (Å²) in [4.78, 5) is -2.01. The number of hydrogen-bond acceptors (Lipinski definition) is 9. The molecule has 1 aromatic rings. The lowest BCUT2D eigenvalue weighted by Crippen LogP contribution is -2.09. The molecular formula is C9H12O9S2. The molecule has 0 aliphatic heterocycles. The maximum absolute atomic E-state index is 11.6. The molecule has 0 fully saturated rings. The Balaban J connectivity index is 3.91. The summed E-state index contributed by atoms with van der Waals surface area (Å²) in [5, 5.41) is 19.5. The predicted octanol–water partition coefficient (Wildman–Crippen LogP) is -0.223. The SMILES string of the molecule is COc1cc(S(=O)(=O)OC)c(O)c(S(=O)(=O)OC)c1O. The second-order valence-corrected chi connectivity index (χ2v) is 6.68. The van der Waals surface area contributed by atoms with Crippen molar-refractivity contribution in [3.8, 4) is 17.2 Å². The first-order chi connectivity index (χ1) is 9.12. The number of benzene rings is 1. The lowest BCUT2D eigenvalue weighted by Gasteiger charge is -2.13. The Hall–Kier alpha value is -1.56. The quantitative estimate of drug-likeness (QED) is 0.702. The van der Waals surface area contributed by atoms with Crippen molar-refractivity contribution in [3.63, 3.8) is 0 Å². The maximum Gasteiger partial charge on any atom is 0.304 e. The topological polar surface area (TPSA) is 136 Å². The molecule has 2 N–H and O–H groups in total. The third-order valence-electron chi connectivity index (χ3n) is 2.34. The highest BCUT2D eigenvalue weighted by atomic mass is 32.2. The van der Waals surface area contributed by atoms with Crippen LogP contribution < -0.4 is 4.74 Å². The molecule has 1 rings (SSSR count). The minimum atomic E-state index is -4.58. The number of phenolic OH excluding ortho intramolecular Hbond substituents is 2. The standard InChI is InChI=1S/C9H12O9S2/c1-16-5-4-6(19(12,13)17-2)8(11)9(7(5)10)20(14,15)18-3/h4,10-11H,1-3H3. The molecule has 9 nitrogen and oxygen atoms in total. The van der Waals surface area contributed by atoms with Gasteiger partial charge in [-0.05, 0) is 0 Å². The number of aromatic hydroxyl groups is 2. The van der Waals surface area contributed by atoms with E-state index in [1.54, 1.807) is 0 Å². The van der Waals surface area contributed by atoms with Crippen LogP contribution in [0.2, 0.25) is 0 Å². The summed E-state index contributed by atoms with van der Waals surface area (Å²) in [7, 11) is -6.35. The van der Waals surface area contributed by atoms with Crippen molar-refractivity contribution in [1.29, 1.82) is 0 Å². The molecule has 20 heavy (non-hydrogen) atoms. The summed E-state index contributed by atoms with van der Waals surface area (Å²) in [5.74, 6) is -2.71. The fraction of sp³-hybridized carbons (Fsp3) is 0.333. The van der Waals surface area contributed by atoms with Crippen LogP contribution in [0, 0.1) is 0 Å². The molecule has 0 unspecified atom stereocenters. The van der Waals surface area contributed by atoms with E-state index < -0.39 is 47.3 Å². The maximum atomic E-state index is 11.6. The van der Waals surface area contributed by atoms with Gasteiger partial charge in [0.05, 0.1) is 21.3 Å². The van der Waals surface area contributed by atoms with E-state index in [9.17, 15) is 27.0 Å². The third-order valence-corrected chi connectivity index (χ3v) is 4.95. The highest BCUT2D eigenvalue weighted by Crippen LogP contribution is 2.44. The Morgan fingerprint density at radius 3 is 1.80 bits per heavy atom. The van der Waals surface area contributed by atoms with Crippen LogP contribution in [-0.2, 0) is 28.6 Å². The zero-order chi connectivity index (χ0) is 15.7. The summed E-state index contributed by atoms with van der Waals surface area (Å²) in [6, 6.07) is 0.720. The smallest absolute Gasteiger partial charge is 0.304 e. The molecule has 11 heteroatoms. The number of rotatable bonds is 5. The van der Waals surface area contributed by atoms with Gasteiger partial charge in [-0.3, -0.25) is 8.37 Å². The van der Waals surface area contributed by atoms with Crippen LogP contribution in [0.25, 0.3) is 0 Å². The van der Waals surface area contributed by atoms with E-state index in [-0.39, 0.29) is 0 Å². The van der Waals surface area contributed by atoms with Gasteiger partial charge in [0.1, 0.15) is 4.90 Å². The van der Waals surface area contributed by atoms with Gasteiger partial charge < -0.3 is 14.9 Å². The minimum Gasteiger partial charge on any atom is -0.505 e. The van der Waals surface area contributed by atoms with Gasteiger partial charge in [0.2, 0.25) is 0 Å². The van der Waals surface area contributed by atoms with Gasteiger partial charge in [-0.25, -0.2) is 0 Å². The van der Waals surface area contributed by atoms with E-state index in [1.165, 1.54) is 0 Å². The summed E-state index contributed by atoms with van der Waals surface area (Å²) < 4.78 is 59.5. The van der Waals surface area contributed by atoms with Crippen molar-refractivity contribution in [2.24, 2.45) is 0 Å². The predicted molar refractivity (Wildman–Crippen MR) is 64.7 cm³/mol. The van der Waals surface area contributed by atoms with Crippen molar-refractivity contribution < 1.29 is 40.2 Å². The number of ether oxygens (including phenoxy) is 1. The first kappa shape index (κ1) is 16.5. The Morgan fingerprint density at radius 2 is 1.40 bits per heavy atom. The summed E-state index contributed by atoms with van der Waals surface area (Å²) >= 11 is 0. The molecule has 0 saturated carbocycles. The fourth-order valence-electron chi connectivity index (χ4n) is 1.35. The van der Waals surface area contributed by atoms with E-state index in [4.69, 9.17) is 0 Å². The zero-order valence-corrected chi connectivity index (χ0v) is 12.3. The molecule has 1 aromatic carbocycles. The Labute approximate surface area is 115 Å². The lowest BCUT2D eigenvalue weighted by atomic mass is 10.3. The average Bonchev–Trinajstić information content (AvgIpc) is 2.38. The van der Waals surface area contributed by atoms with Crippen molar-refractivity contribution in [1.82, 2.24) is 0 Å². The van der Waals surface area contributed by atoms with Crippen LogP contribution in [0.4, 0.5) is 0 Å². The molecule has 0 aliphatic rings. The molecule has 0 spiro atoms. The molecule has 114 valence electrons. The normalized spacial score (nSPS) is 12.3. The van der Waals surface area contributed by atoms with Crippen molar-refractivity contribution in [2.75, 3.05) is 21.3 Å². The Morgan fingerprint density at radius 1 is 0.900 bits per heavy atom. The fourth-order valence-corrected chi connectivity index (χ4v) is 3.03. The van der Waals surface area contributed by atoms with Crippen LogP contribution in [0.5, 0.6) is 17.2 Å². The van der Waals surface area contributed by atoms with Gasteiger partial charge in [0.25, 0.3) is 0 Å². The van der Waals surface area contributed by atoms with Crippen LogP contribution in [-0.4, -0.2) is 48.4 Å². The highest BCUT2D eigenvalue weighted by Gasteiger charge is 2.33. The van der Waals surface area contributed by atoms with E-state index in [0.29, 0.717) is 0 Å². The first-order valence-electron chi connectivity index (χ1n) is 4.86. The molecule has 0 saturated heterocycles. The van der Waals surface area contributed by atoms with Gasteiger partial charge in [0, 0.05) is 6.07 Å². The van der Waals surface area contributed by atoms with Gasteiger partial charge >= 0.3 is 20.2 Å². The first-order valence-corrected chi connectivity index (χ1v) is 7.68. The molecular weight excluding hydrogens is 316 g/mol. The van der Waals surface area contributed by atoms with Gasteiger partial charge in [-0.2, -0.15) is 16.8 Å². The molecule has 0 bridgehead atoms. The van der Waals surface area contributed by atoms with Gasteiger partial charge in [-0.1, -0.05) is 0 Å². The van der Waals surface area contributed by atoms with Crippen LogP contribution in [0.1, 0.15) is 0 Å². The largest absolute Gasteiger partial charge is 0.505 e. The number of phenols is 2. The molecule has 0 atom stereocenters. The summed E-state index contributed by atoms with van der Waals surface area (Å²) in [5.41, 5.74) is 0. The molecule has 0 heterocycles. The van der Waals surface area contributed by atoms with Crippen LogP contribution >= 0.6 is 0 Å². The third kappa shape index (κ3) is 2.65. The Bertz CT molecular complexity index is 718. The average molecular weight is 328 g/mol. The second-order valence-electron chi connectivity index (χ2n) is 3.34. The summed E-state index contributed by atoms with van der Waals surface area (Å²) in [6.07, 6.45) is 0. The van der Waals surface area contributed by atoms with Crippen molar-refractivity contribution in [2.45, 2.75) is 9.79 Å². The molecule has 0 radical (unpaired) electrons. The van der Waals surface area contributed by atoms with Crippen molar-refractivity contribution in [3.05, 3.63) is 6.07 Å². The number of methoxy groups -OCH3 is 1. The van der Waals surface area contributed by atoms with Gasteiger partial charge in [0.15, 0.2) is 22.1 Å². The van der Waals surface area contributed by atoms with E-state index in [0.717, 1.165) is 27.4 Å². The highest BCUT2D eigenvalue weighted by molar-refractivity contribution is 7.87. The van der Waals surface area contributed by atoms with Crippen LogP contribution in [0.15, 0.2) is 15.9 Å². The summed E-state index contributed by atoms with van der Waals surface area (Å²) in [6.45, 7) is 0. The monoisotopic (exact) mass is 328 g/mol. The molecule has 0 amide bonds. The van der Waals surface area contributed by atoms with Crippen molar-refractivity contribution >= 4 is 20.2 Å².